The van der Waals surface area contributed by atoms with Gasteiger partial charge in [0.2, 0.25) is 5.28 Å². The van der Waals surface area contributed by atoms with E-state index in [1.54, 1.807) is 17.3 Å². The highest BCUT2D eigenvalue weighted by Gasteiger charge is 2.27. The maximum atomic E-state index is 12.0. The van der Waals surface area contributed by atoms with E-state index < -0.39 is 5.60 Å². The number of carbonyl (C=O) groups is 1. The molecule has 0 unspecified atom stereocenters. The minimum Gasteiger partial charge on any atom is -0.444 e. The third-order valence-electron chi connectivity index (χ3n) is 3.26. The van der Waals surface area contributed by atoms with Gasteiger partial charge in [0.1, 0.15) is 5.60 Å². The molecule has 6 heteroatoms. The van der Waals surface area contributed by atoms with Crippen LogP contribution in [0, 0.1) is 0 Å². The second-order valence-electron chi connectivity index (χ2n) is 6.03. The molecule has 1 aromatic rings. The fraction of sp³-hybridized carbons (Fsp3) is 0.643. The number of hydrogen-bond acceptors (Lipinski definition) is 4. The minimum atomic E-state index is -0.446. The minimum absolute atomic E-state index is 0.233. The molecule has 0 spiro atoms. The highest BCUT2D eigenvalue weighted by Crippen LogP contribution is 2.28. The largest absolute Gasteiger partial charge is 0.444 e. The first kappa shape index (κ1) is 15.0. The third-order valence-corrected chi connectivity index (χ3v) is 3.45. The average Bonchev–Trinajstić information content (AvgIpc) is 2.38. The highest BCUT2D eigenvalue weighted by molar-refractivity contribution is 6.28. The Labute approximate surface area is 124 Å². The van der Waals surface area contributed by atoms with E-state index >= 15 is 0 Å². The van der Waals surface area contributed by atoms with Crippen molar-refractivity contribution in [2.75, 3.05) is 13.1 Å². The molecule has 1 amide bonds. The van der Waals surface area contributed by atoms with E-state index in [0.717, 1.165) is 18.4 Å². The highest BCUT2D eigenvalue weighted by atomic mass is 35.5. The lowest BCUT2D eigenvalue weighted by molar-refractivity contribution is 0.0205. The molecule has 0 N–H and O–H groups in total. The Morgan fingerprint density at radius 1 is 1.30 bits per heavy atom. The van der Waals surface area contributed by atoms with Gasteiger partial charge in [-0.25, -0.2) is 14.8 Å². The molecule has 1 fully saturated rings. The van der Waals surface area contributed by atoms with Crippen molar-refractivity contribution in [3.63, 3.8) is 0 Å². The van der Waals surface area contributed by atoms with Crippen molar-refractivity contribution in [1.82, 2.24) is 14.9 Å². The van der Waals surface area contributed by atoms with E-state index in [-0.39, 0.29) is 11.4 Å². The van der Waals surface area contributed by atoms with Gasteiger partial charge in [-0.15, -0.1) is 0 Å². The monoisotopic (exact) mass is 297 g/mol. The van der Waals surface area contributed by atoms with Crippen LogP contribution in [0.4, 0.5) is 4.79 Å². The Morgan fingerprint density at radius 2 is 1.85 bits per heavy atom. The predicted molar refractivity (Wildman–Crippen MR) is 76.8 cm³/mol. The van der Waals surface area contributed by atoms with Crippen molar-refractivity contribution >= 4 is 17.7 Å². The zero-order valence-corrected chi connectivity index (χ0v) is 12.9. The number of amides is 1. The fourth-order valence-corrected chi connectivity index (χ4v) is 2.35. The molecule has 2 heterocycles. The Bertz CT molecular complexity index is 462. The van der Waals surface area contributed by atoms with Gasteiger partial charge >= 0.3 is 6.09 Å². The lowest BCUT2D eigenvalue weighted by Crippen LogP contribution is -2.41. The van der Waals surface area contributed by atoms with Crippen molar-refractivity contribution in [3.8, 4) is 0 Å². The maximum absolute atomic E-state index is 12.0. The Morgan fingerprint density at radius 3 is 2.35 bits per heavy atom. The van der Waals surface area contributed by atoms with Gasteiger partial charge in [0.05, 0.1) is 0 Å². The second-order valence-corrected chi connectivity index (χ2v) is 6.37. The van der Waals surface area contributed by atoms with Crippen LogP contribution in [0.25, 0.3) is 0 Å². The van der Waals surface area contributed by atoms with Gasteiger partial charge < -0.3 is 9.64 Å². The van der Waals surface area contributed by atoms with Gasteiger partial charge in [-0.3, -0.25) is 0 Å². The summed E-state index contributed by atoms with van der Waals surface area (Å²) in [5.41, 5.74) is 0.635. The van der Waals surface area contributed by atoms with Gasteiger partial charge in [-0.1, -0.05) is 0 Å². The zero-order valence-electron chi connectivity index (χ0n) is 12.1. The maximum Gasteiger partial charge on any atom is 0.410 e. The summed E-state index contributed by atoms with van der Waals surface area (Å²) in [4.78, 5) is 21.7. The van der Waals surface area contributed by atoms with Gasteiger partial charge in [0, 0.05) is 25.5 Å². The number of nitrogens with zero attached hydrogens (tertiary/aromatic N) is 3. The van der Waals surface area contributed by atoms with Gasteiger partial charge in [0.25, 0.3) is 0 Å². The normalized spacial score (nSPS) is 17.1. The SMILES string of the molecule is CC(C)(C)OC(=O)N1CCC(c2cnc(Cl)nc2)CC1. The van der Waals surface area contributed by atoms with Crippen LogP contribution in [0.1, 0.15) is 45.1 Å². The number of ether oxygens (including phenoxy) is 1. The van der Waals surface area contributed by atoms with Crippen LogP contribution >= 0.6 is 11.6 Å². The van der Waals surface area contributed by atoms with Gasteiger partial charge in [0.15, 0.2) is 0 Å². The van der Waals surface area contributed by atoms with Crippen LogP contribution in [-0.4, -0.2) is 39.7 Å². The summed E-state index contributed by atoms with van der Waals surface area (Å²) in [5, 5.41) is 0.264. The number of carbonyl (C=O) groups excluding carboxylic acids is 1. The topological polar surface area (TPSA) is 55.3 Å². The lowest BCUT2D eigenvalue weighted by atomic mass is 9.91. The molecule has 5 nitrogen and oxygen atoms in total. The standard InChI is InChI=1S/C14H20ClN3O2/c1-14(2,3)20-13(19)18-6-4-10(5-7-18)11-8-16-12(15)17-9-11/h8-10H,4-7H2,1-3H3. The summed E-state index contributed by atoms with van der Waals surface area (Å²) in [6, 6.07) is 0. The van der Waals surface area contributed by atoms with Crippen molar-refractivity contribution in [1.29, 1.82) is 0 Å². The van der Waals surface area contributed by atoms with E-state index in [1.165, 1.54) is 0 Å². The molecule has 0 aromatic carbocycles. The molecule has 0 aliphatic carbocycles. The van der Waals surface area contributed by atoms with Gasteiger partial charge in [-0.2, -0.15) is 0 Å². The quantitative estimate of drug-likeness (QED) is 0.747. The Hall–Kier alpha value is -1.36. The molecule has 0 radical (unpaired) electrons. The van der Waals surface area contributed by atoms with Crippen LogP contribution in [0.3, 0.4) is 0 Å². The lowest BCUT2D eigenvalue weighted by Gasteiger charge is -2.33. The first-order chi connectivity index (χ1) is 9.35. The van der Waals surface area contributed by atoms with Crippen LogP contribution in [0.5, 0.6) is 0 Å². The van der Waals surface area contributed by atoms with Crippen LogP contribution in [0.15, 0.2) is 12.4 Å². The van der Waals surface area contributed by atoms with E-state index in [2.05, 4.69) is 9.97 Å². The summed E-state index contributed by atoms with van der Waals surface area (Å²) in [6.45, 7) is 7.03. The number of halogens is 1. The number of likely N-dealkylation sites (tertiary alicyclic amines) is 1. The van der Waals surface area contributed by atoms with E-state index in [1.807, 2.05) is 20.8 Å². The average molecular weight is 298 g/mol. The molecule has 0 bridgehead atoms. The first-order valence-corrected chi connectivity index (χ1v) is 7.18. The van der Waals surface area contributed by atoms with E-state index in [4.69, 9.17) is 16.3 Å². The fourth-order valence-electron chi connectivity index (χ4n) is 2.25. The molecule has 110 valence electrons. The molecule has 1 aromatic heterocycles. The number of piperidine rings is 1. The molecule has 1 aliphatic rings. The molecule has 2 rings (SSSR count). The molecule has 1 saturated heterocycles. The first-order valence-electron chi connectivity index (χ1n) is 6.80. The number of hydrogen-bond donors (Lipinski definition) is 0. The second kappa shape index (κ2) is 5.95. The predicted octanol–water partition coefficient (Wildman–Crippen LogP) is 3.24. The number of aromatic nitrogens is 2. The summed E-state index contributed by atoms with van der Waals surface area (Å²) in [5.74, 6) is 0.381. The third kappa shape index (κ3) is 4.07. The summed E-state index contributed by atoms with van der Waals surface area (Å²) < 4.78 is 5.38. The van der Waals surface area contributed by atoms with Crippen LogP contribution in [-0.2, 0) is 4.74 Å². The smallest absolute Gasteiger partial charge is 0.410 e. The van der Waals surface area contributed by atoms with Crippen molar-refractivity contribution in [3.05, 3.63) is 23.2 Å². The molecular formula is C14H20ClN3O2. The van der Waals surface area contributed by atoms with Crippen molar-refractivity contribution in [2.24, 2.45) is 0 Å². The van der Waals surface area contributed by atoms with Gasteiger partial charge in [-0.05, 0) is 56.7 Å². The summed E-state index contributed by atoms with van der Waals surface area (Å²) in [7, 11) is 0. The van der Waals surface area contributed by atoms with E-state index in [0.29, 0.717) is 19.0 Å². The Kier molecular flexibility index (Phi) is 4.48. The molecule has 20 heavy (non-hydrogen) atoms. The van der Waals surface area contributed by atoms with Crippen molar-refractivity contribution in [2.45, 2.75) is 45.1 Å². The molecule has 1 aliphatic heterocycles. The van der Waals surface area contributed by atoms with E-state index in [9.17, 15) is 4.79 Å². The molecular weight excluding hydrogens is 278 g/mol. The van der Waals surface area contributed by atoms with Crippen molar-refractivity contribution < 1.29 is 9.53 Å². The summed E-state index contributed by atoms with van der Waals surface area (Å²) >= 11 is 5.69. The molecule has 0 saturated carbocycles. The number of rotatable bonds is 1. The van der Waals surface area contributed by atoms with Crippen LogP contribution in [0.2, 0.25) is 5.28 Å². The zero-order chi connectivity index (χ0) is 14.8. The van der Waals surface area contributed by atoms with Crippen LogP contribution < -0.4 is 0 Å². The molecule has 0 atom stereocenters. The summed E-state index contributed by atoms with van der Waals surface area (Å²) in [6.07, 6.45) is 5.09. The Balaban J connectivity index is 1.89.